The molecule has 3 heteroatoms. The maximum atomic E-state index is 9.14. The molecule has 0 atom stereocenters. The largest absolute Gasteiger partial charge is 0.391 e. The Morgan fingerprint density at radius 2 is 1.24 bits per heavy atom. The summed E-state index contributed by atoms with van der Waals surface area (Å²) >= 11 is 0. The van der Waals surface area contributed by atoms with Gasteiger partial charge in [0.1, 0.15) is 13.1 Å². The minimum Gasteiger partial charge on any atom is -0.391 e. The fraction of sp³-hybridized carbons (Fsp3) is 1.00. The third kappa shape index (κ3) is 7.74. The van der Waals surface area contributed by atoms with Gasteiger partial charge in [-0.15, -0.1) is 0 Å². The molecule has 0 saturated heterocycles. The minimum absolute atomic E-state index is 0.226. The first kappa shape index (κ1) is 16.9. The Balaban J connectivity index is 3.82. The molecule has 0 heterocycles. The van der Waals surface area contributed by atoms with E-state index in [0.29, 0.717) is 0 Å². The van der Waals surface area contributed by atoms with Gasteiger partial charge in [0.15, 0.2) is 0 Å². The summed E-state index contributed by atoms with van der Waals surface area (Å²) < 4.78 is 0.876. The van der Waals surface area contributed by atoms with Gasteiger partial charge < -0.3 is 14.7 Å². The van der Waals surface area contributed by atoms with E-state index < -0.39 is 0 Å². The van der Waals surface area contributed by atoms with Crippen LogP contribution in [0.2, 0.25) is 0 Å². The molecule has 17 heavy (non-hydrogen) atoms. The third-order valence-electron chi connectivity index (χ3n) is 3.81. The van der Waals surface area contributed by atoms with Crippen molar-refractivity contribution in [1.29, 1.82) is 0 Å². The molecule has 0 aromatic carbocycles. The molecule has 0 aliphatic rings. The lowest BCUT2D eigenvalue weighted by Crippen LogP contribution is -2.52. The van der Waals surface area contributed by atoms with Gasteiger partial charge in [0.2, 0.25) is 0 Å². The summed E-state index contributed by atoms with van der Waals surface area (Å²) in [5.41, 5.74) is 0. The summed E-state index contributed by atoms with van der Waals surface area (Å²) in [5, 5.41) is 18.3. The average Bonchev–Trinajstić information content (AvgIpc) is 2.34. The van der Waals surface area contributed by atoms with Crippen LogP contribution in [-0.2, 0) is 0 Å². The van der Waals surface area contributed by atoms with Gasteiger partial charge in [-0.3, -0.25) is 0 Å². The Morgan fingerprint density at radius 3 is 1.71 bits per heavy atom. The van der Waals surface area contributed by atoms with Gasteiger partial charge >= 0.3 is 0 Å². The molecular formula is C14H32NO2+. The van der Waals surface area contributed by atoms with Crippen molar-refractivity contribution in [3.63, 3.8) is 0 Å². The van der Waals surface area contributed by atoms with E-state index in [1.807, 2.05) is 0 Å². The molecule has 0 amide bonds. The SMILES string of the molecule is CCCCCCCC[N+](CC)(CCO)CCO. The van der Waals surface area contributed by atoms with Crippen LogP contribution in [0.25, 0.3) is 0 Å². The molecule has 3 nitrogen and oxygen atoms in total. The van der Waals surface area contributed by atoms with Crippen LogP contribution < -0.4 is 0 Å². The summed E-state index contributed by atoms with van der Waals surface area (Å²) in [4.78, 5) is 0. The quantitative estimate of drug-likeness (QED) is 0.409. The van der Waals surface area contributed by atoms with Crippen LogP contribution in [0.4, 0.5) is 0 Å². The first-order valence-corrected chi connectivity index (χ1v) is 7.31. The van der Waals surface area contributed by atoms with E-state index in [1.54, 1.807) is 0 Å². The highest BCUT2D eigenvalue weighted by Gasteiger charge is 2.23. The Bertz CT molecular complexity index is 156. The van der Waals surface area contributed by atoms with Crippen LogP contribution in [0.5, 0.6) is 0 Å². The van der Waals surface area contributed by atoms with Gasteiger partial charge in [0.05, 0.1) is 26.3 Å². The number of hydrogen-bond donors (Lipinski definition) is 2. The molecule has 0 bridgehead atoms. The zero-order valence-electron chi connectivity index (χ0n) is 11.8. The Kier molecular flexibility index (Phi) is 10.9. The Morgan fingerprint density at radius 1 is 0.706 bits per heavy atom. The number of rotatable bonds is 12. The summed E-state index contributed by atoms with van der Waals surface area (Å²) in [5.74, 6) is 0. The number of likely N-dealkylation sites (N-methyl/N-ethyl adjacent to an activating group) is 1. The van der Waals surface area contributed by atoms with Gasteiger partial charge in [0.25, 0.3) is 0 Å². The highest BCUT2D eigenvalue weighted by Crippen LogP contribution is 2.11. The highest BCUT2D eigenvalue weighted by atomic mass is 16.3. The smallest absolute Gasteiger partial charge is 0.102 e. The Hall–Kier alpha value is -0.120. The monoisotopic (exact) mass is 246 g/mol. The van der Waals surface area contributed by atoms with Crippen LogP contribution >= 0.6 is 0 Å². The van der Waals surface area contributed by atoms with E-state index in [0.717, 1.165) is 30.7 Å². The number of aliphatic hydroxyl groups is 2. The lowest BCUT2D eigenvalue weighted by molar-refractivity contribution is -0.927. The molecule has 0 saturated carbocycles. The summed E-state index contributed by atoms with van der Waals surface area (Å²) in [6, 6.07) is 0. The van der Waals surface area contributed by atoms with Crippen molar-refractivity contribution in [2.24, 2.45) is 0 Å². The van der Waals surface area contributed by atoms with E-state index >= 15 is 0 Å². The number of nitrogens with zero attached hydrogens (tertiary/aromatic N) is 1. The van der Waals surface area contributed by atoms with Crippen molar-refractivity contribution in [3.05, 3.63) is 0 Å². The van der Waals surface area contributed by atoms with E-state index in [4.69, 9.17) is 10.2 Å². The maximum Gasteiger partial charge on any atom is 0.102 e. The first-order chi connectivity index (χ1) is 8.24. The molecule has 0 aromatic heterocycles. The van der Waals surface area contributed by atoms with Crippen molar-refractivity contribution < 1.29 is 14.7 Å². The van der Waals surface area contributed by atoms with E-state index in [1.165, 1.54) is 38.5 Å². The molecule has 0 aliphatic carbocycles. The number of unbranched alkanes of at least 4 members (excludes halogenated alkanes) is 5. The number of quaternary nitrogens is 1. The fourth-order valence-corrected chi connectivity index (χ4v) is 2.46. The Labute approximate surface area is 107 Å². The van der Waals surface area contributed by atoms with Crippen molar-refractivity contribution in [2.75, 3.05) is 39.4 Å². The van der Waals surface area contributed by atoms with Crippen molar-refractivity contribution >= 4 is 0 Å². The minimum atomic E-state index is 0.226. The molecule has 0 unspecified atom stereocenters. The standard InChI is InChI=1S/C14H32NO2/c1-3-5-6-7-8-9-10-15(4-2,11-13-16)12-14-17/h16-17H,3-14H2,1-2H3/q+1. The average molecular weight is 246 g/mol. The highest BCUT2D eigenvalue weighted by molar-refractivity contribution is 4.47. The third-order valence-corrected chi connectivity index (χ3v) is 3.81. The van der Waals surface area contributed by atoms with Gasteiger partial charge in [0, 0.05) is 0 Å². The predicted molar refractivity (Wildman–Crippen MR) is 73.0 cm³/mol. The van der Waals surface area contributed by atoms with Gasteiger partial charge in [-0.05, 0) is 19.8 Å². The first-order valence-electron chi connectivity index (χ1n) is 7.31. The molecule has 0 aliphatic heterocycles. The zero-order valence-corrected chi connectivity index (χ0v) is 11.8. The summed E-state index contributed by atoms with van der Waals surface area (Å²) in [6.07, 6.45) is 7.83. The molecule has 2 N–H and O–H groups in total. The second-order valence-corrected chi connectivity index (χ2v) is 5.04. The van der Waals surface area contributed by atoms with Crippen molar-refractivity contribution in [1.82, 2.24) is 0 Å². The van der Waals surface area contributed by atoms with Crippen LogP contribution in [0.1, 0.15) is 52.4 Å². The fourth-order valence-electron chi connectivity index (χ4n) is 2.46. The van der Waals surface area contributed by atoms with E-state index in [-0.39, 0.29) is 13.2 Å². The van der Waals surface area contributed by atoms with Gasteiger partial charge in [-0.2, -0.15) is 0 Å². The normalized spacial score (nSPS) is 12.0. The molecule has 0 spiro atoms. The van der Waals surface area contributed by atoms with E-state index in [9.17, 15) is 0 Å². The second kappa shape index (κ2) is 11.0. The van der Waals surface area contributed by atoms with Crippen LogP contribution in [-0.4, -0.2) is 54.1 Å². The molecule has 0 radical (unpaired) electrons. The van der Waals surface area contributed by atoms with Crippen molar-refractivity contribution in [3.8, 4) is 0 Å². The molecule has 104 valence electrons. The summed E-state index contributed by atoms with van der Waals surface area (Å²) in [7, 11) is 0. The molecule has 0 rings (SSSR count). The second-order valence-electron chi connectivity index (χ2n) is 5.04. The summed E-state index contributed by atoms with van der Waals surface area (Å²) in [6.45, 7) is 8.52. The number of aliphatic hydroxyl groups excluding tert-OH is 2. The topological polar surface area (TPSA) is 40.5 Å². The lowest BCUT2D eigenvalue weighted by atomic mass is 10.1. The van der Waals surface area contributed by atoms with E-state index in [2.05, 4.69) is 13.8 Å². The van der Waals surface area contributed by atoms with Crippen molar-refractivity contribution in [2.45, 2.75) is 52.4 Å². The maximum absolute atomic E-state index is 9.14. The van der Waals surface area contributed by atoms with Gasteiger partial charge in [-0.25, -0.2) is 0 Å². The van der Waals surface area contributed by atoms with Crippen LogP contribution in [0, 0.1) is 0 Å². The predicted octanol–water partition coefficient (Wildman–Crippen LogP) is 2.17. The molecule has 0 fully saturated rings. The van der Waals surface area contributed by atoms with Gasteiger partial charge in [-0.1, -0.05) is 32.6 Å². The van der Waals surface area contributed by atoms with Crippen LogP contribution in [0.3, 0.4) is 0 Å². The van der Waals surface area contributed by atoms with Crippen LogP contribution in [0.15, 0.2) is 0 Å². The lowest BCUT2D eigenvalue weighted by Gasteiger charge is -2.37. The number of hydrogen-bond acceptors (Lipinski definition) is 2. The zero-order chi connectivity index (χ0) is 13.0. The molecular weight excluding hydrogens is 214 g/mol. The molecule has 0 aromatic rings.